The van der Waals surface area contributed by atoms with Crippen LogP contribution in [0.1, 0.15) is 5.56 Å². The molecule has 2 nitrogen and oxygen atoms in total. The number of fused-ring (bicyclic) bond motifs is 3. The Kier molecular flexibility index (Phi) is 2.86. The van der Waals surface area contributed by atoms with Crippen molar-refractivity contribution in [2.24, 2.45) is 7.05 Å². The maximum Gasteiger partial charge on any atom is 0.143 e. The number of halogens is 2. The van der Waals surface area contributed by atoms with E-state index in [0.29, 0.717) is 5.88 Å². The van der Waals surface area contributed by atoms with Gasteiger partial charge in [-0.25, -0.2) is 4.39 Å². The molecule has 98 valence electrons. The van der Waals surface area contributed by atoms with Crippen LogP contribution in [-0.2, 0) is 12.9 Å². The summed E-state index contributed by atoms with van der Waals surface area (Å²) in [7, 11) is 3.58. The number of aryl methyl sites for hydroxylation is 1. The van der Waals surface area contributed by atoms with Gasteiger partial charge in [0.05, 0.1) is 12.6 Å². The summed E-state index contributed by atoms with van der Waals surface area (Å²) in [5, 5.41) is 1.83. The van der Waals surface area contributed by atoms with Crippen molar-refractivity contribution in [3.8, 4) is 5.75 Å². The second kappa shape index (κ2) is 4.42. The van der Waals surface area contributed by atoms with E-state index in [1.54, 1.807) is 19.2 Å². The quantitative estimate of drug-likeness (QED) is 0.640. The predicted octanol–water partition coefficient (Wildman–Crippen LogP) is 4.22. The highest BCUT2D eigenvalue weighted by molar-refractivity contribution is 6.20. The molecule has 0 fully saturated rings. The van der Waals surface area contributed by atoms with Crippen molar-refractivity contribution in [2.75, 3.05) is 7.11 Å². The van der Waals surface area contributed by atoms with Crippen molar-refractivity contribution < 1.29 is 9.13 Å². The first-order chi connectivity index (χ1) is 9.17. The fourth-order valence-electron chi connectivity index (χ4n) is 2.64. The molecule has 0 saturated carbocycles. The van der Waals surface area contributed by atoms with E-state index in [-0.39, 0.29) is 5.82 Å². The number of hydrogen-bond donors (Lipinski definition) is 0. The lowest BCUT2D eigenvalue weighted by Crippen LogP contribution is -1.92. The van der Waals surface area contributed by atoms with Crippen LogP contribution in [0.2, 0.25) is 0 Å². The van der Waals surface area contributed by atoms with Crippen LogP contribution in [0.4, 0.5) is 4.39 Å². The third-order valence-electron chi connectivity index (χ3n) is 3.52. The van der Waals surface area contributed by atoms with Gasteiger partial charge in [0.15, 0.2) is 0 Å². The summed E-state index contributed by atoms with van der Waals surface area (Å²) in [6.07, 6.45) is 0. The van der Waals surface area contributed by atoms with E-state index < -0.39 is 0 Å². The zero-order chi connectivity index (χ0) is 13.6. The van der Waals surface area contributed by atoms with Gasteiger partial charge in [-0.3, -0.25) is 0 Å². The minimum atomic E-state index is -0.247. The second-order valence-electron chi connectivity index (χ2n) is 4.50. The molecule has 1 aromatic heterocycles. The molecule has 0 spiro atoms. The zero-order valence-corrected chi connectivity index (χ0v) is 11.5. The SMILES string of the molecule is COc1ccc(CCl)c2c3cc(F)ccc3n(C)c12. The fraction of sp³-hybridized carbons (Fsp3) is 0.200. The Morgan fingerprint density at radius 2 is 2.05 bits per heavy atom. The number of benzene rings is 2. The average molecular weight is 278 g/mol. The molecule has 0 bridgehead atoms. The molecule has 0 aliphatic rings. The zero-order valence-electron chi connectivity index (χ0n) is 10.7. The van der Waals surface area contributed by atoms with Crippen LogP contribution in [0.3, 0.4) is 0 Å². The smallest absolute Gasteiger partial charge is 0.143 e. The Morgan fingerprint density at radius 3 is 2.74 bits per heavy atom. The first-order valence-corrected chi connectivity index (χ1v) is 6.50. The van der Waals surface area contributed by atoms with Crippen molar-refractivity contribution in [2.45, 2.75) is 5.88 Å². The third-order valence-corrected chi connectivity index (χ3v) is 3.80. The van der Waals surface area contributed by atoms with E-state index in [4.69, 9.17) is 16.3 Å². The molecular weight excluding hydrogens is 265 g/mol. The number of hydrogen-bond acceptors (Lipinski definition) is 1. The summed E-state index contributed by atoms with van der Waals surface area (Å²) in [5.41, 5.74) is 2.89. The van der Waals surface area contributed by atoms with Gasteiger partial charge in [0.1, 0.15) is 11.6 Å². The van der Waals surface area contributed by atoms with Crippen LogP contribution in [0, 0.1) is 5.82 Å². The Bertz CT molecular complexity index is 779. The third kappa shape index (κ3) is 1.69. The Balaban J connectivity index is 2.60. The summed E-state index contributed by atoms with van der Waals surface area (Å²) in [6, 6.07) is 8.62. The number of aromatic nitrogens is 1. The van der Waals surface area contributed by atoms with Crippen molar-refractivity contribution in [1.29, 1.82) is 0 Å². The van der Waals surface area contributed by atoms with Crippen LogP contribution in [0.25, 0.3) is 21.8 Å². The molecule has 0 atom stereocenters. The number of methoxy groups -OCH3 is 1. The van der Waals surface area contributed by atoms with Gasteiger partial charge in [-0.1, -0.05) is 6.07 Å². The highest BCUT2D eigenvalue weighted by atomic mass is 35.5. The van der Waals surface area contributed by atoms with Crippen LogP contribution in [0.5, 0.6) is 5.75 Å². The van der Waals surface area contributed by atoms with Gasteiger partial charge in [0.25, 0.3) is 0 Å². The average Bonchev–Trinajstić information content (AvgIpc) is 2.72. The lowest BCUT2D eigenvalue weighted by molar-refractivity contribution is 0.418. The maximum absolute atomic E-state index is 13.5. The molecule has 0 radical (unpaired) electrons. The molecule has 0 saturated heterocycles. The van der Waals surface area contributed by atoms with E-state index >= 15 is 0 Å². The van der Waals surface area contributed by atoms with Gasteiger partial charge in [-0.2, -0.15) is 0 Å². The molecule has 1 heterocycles. The summed E-state index contributed by atoms with van der Waals surface area (Å²) in [6.45, 7) is 0. The summed E-state index contributed by atoms with van der Waals surface area (Å²) in [5.74, 6) is 0.905. The molecule has 2 aromatic carbocycles. The first kappa shape index (κ1) is 12.3. The monoisotopic (exact) mass is 277 g/mol. The lowest BCUT2D eigenvalue weighted by Gasteiger charge is -2.07. The summed E-state index contributed by atoms with van der Waals surface area (Å²) in [4.78, 5) is 0. The molecule has 0 aliphatic heterocycles. The normalized spacial score (nSPS) is 11.4. The molecular formula is C15H13ClFNO. The van der Waals surface area contributed by atoms with E-state index in [1.165, 1.54) is 6.07 Å². The van der Waals surface area contributed by atoms with E-state index in [1.807, 2.05) is 23.7 Å². The highest BCUT2D eigenvalue weighted by Crippen LogP contribution is 2.37. The maximum atomic E-state index is 13.5. The van der Waals surface area contributed by atoms with E-state index in [9.17, 15) is 4.39 Å². The summed E-state index contributed by atoms with van der Waals surface area (Å²) >= 11 is 6.01. The Labute approximate surface area is 115 Å². The van der Waals surface area contributed by atoms with Crippen LogP contribution < -0.4 is 4.74 Å². The van der Waals surface area contributed by atoms with Gasteiger partial charge < -0.3 is 9.30 Å². The molecule has 0 N–H and O–H groups in total. The predicted molar refractivity (Wildman–Crippen MR) is 76.5 cm³/mol. The molecule has 4 heteroatoms. The number of rotatable bonds is 2. The minimum Gasteiger partial charge on any atom is -0.495 e. The van der Waals surface area contributed by atoms with Gasteiger partial charge in [0, 0.05) is 29.2 Å². The number of nitrogens with zero attached hydrogens (tertiary/aromatic N) is 1. The molecule has 19 heavy (non-hydrogen) atoms. The van der Waals surface area contributed by atoms with Gasteiger partial charge >= 0.3 is 0 Å². The van der Waals surface area contributed by atoms with Crippen LogP contribution in [-0.4, -0.2) is 11.7 Å². The van der Waals surface area contributed by atoms with Gasteiger partial charge in [-0.05, 0) is 29.8 Å². The van der Waals surface area contributed by atoms with Crippen molar-refractivity contribution >= 4 is 33.4 Å². The van der Waals surface area contributed by atoms with E-state index in [0.717, 1.165) is 33.1 Å². The Hall–Kier alpha value is -1.74. The van der Waals surface area contributed by atoms with Crippen molar-refractivity contribution in [1.82, 2.24) is 4.57 Å². The topological polar surface area (TPSA) is 14.2 Å². The van der Waals surface area contributed by atoms with Crippen LogP contribution >= 0.6 is 11.6 Å². The fourth-order valence-corrected chi connectivity index (χ4v) is 2.87. The second-order valence-corrected chi connectivity index (χ2v) is 4.77. The largest absolute Gasteiger partial charge is 0.495 e. The number of alkyl halides is 1. The highest BCUT2D eigenvalue weighted by Gasteiger charge is 2.16. The molecule has 3 rings (SSSR count). The molecule has 3 aromatic rings. The summed E-state index contributed by atoms with van der Waals surface area (Å²) < 4.78 is 20.9. The molecule has 0 unspecified atom stereocenters. The first-order valence-electron chi connectivity index (χ1n) is 5.97. The van der Waals surface area contributed by atoms with E-state index in [2.05, 4.69) is 0 Å². The Morgan fingerprint density at radius 1 is 1.26 bits per heavy atom. The number of ether oxygens (including phenoxy) is 1. The lowest BCUT2D eigenvalue weighted by atomic mass is 10.1. The molecule has 0 aliphatic carbocycles. The van der Waals surface area contributed by atoms with Crippen molar-refractivity contribution in [3.63, 3.8) is 0 Å². The van der Waals surface area contributed by atoms with Gasteiger partial charge in [-0.15, -0.1) is 11.6 Å². The van der Waals surface area contributed by atoms with Gasteiger partial charge in [0.2, 0.25) is 0 Å². The molecule has 0 amide bonds. The standard InChI is InChI=1S/C15H13ClFNO/c1-18-12-5-4-10(17)7-11(12)14-9(8-16)3-6-13(19-2)15(14)18/h3-7H,8H2,1-2H3. The van der Waals surface area contributed by atoms with Crippen molar-refractivity contribution in [3.05, 3.63) is 41.7 Å². The minimum absolute atomic E-state index is 0.247. The van der Waals surface area contributed by atoms with Crippen LogP contribution in [0.15, 0.2) is 30.3 Å².